The number of carbonyl (C=O) groups excluding carboxylic acids is 2. The topological polar surface area (TPSA) is 233 Å². The highest BCUT2D eigenvalue weighted by molar-refractivity contribution is 7.84. The molecule has 4 rings (SSSR count). The highest BCUT2D eigenvalue weighted by Crippen LogP contribution is 2.40. The molecule has 2 aliphatic rings. The summed E-state index contributed by atoms with van der Waals surface area (Å²) in [5.74, 6) is -4.17. The minimum Gasteiger partial charge on any atom is -0.478 e. The van der Waals surface area contributed by atoms with Crippen LogP contribution in [0.4, 0.5) is 5.13 Å². The normalized spacial score (nSPS) is 20.2. The van der Waals surface area contributed by atoms with Crippen LogP contribution in [0.3, 0.4) is 0 Å². The highest BCUT2D eigenvalue weighted by atomic mass is 32.2. The van der Waals surface area contributed by atoms with Crippen molar-refractivity contribution in [3.63, 3.8) is 0 Å². The molecule has 234 valence electrons. The van der Waals surface area contributed by atoms with E-state index in [0.29, 0.717) is 22.8 Å². The third kappa shape index (κ3) is 7.61. The molecule has 1 aliphatic carbocycles. The van der Waals surface area contributed by atoms with Crippen molar-refractivity contribution in [3.05, 3.63) is 23.0 Å². The van der Waals surface area contributed by atoms with Crippen LogP contribution >= 0.6 is 11.3 Å². The molecule has 1 aliphatic heterocycles. The van der Waals surface area contributed by atoms with Crippen molar-refractivity contribution in [3.8, 4) is 0 Å². The average molecular weight is 639 g/mol. The number of carboxylic acid groups (broad SMARTS) is 1. The van der Waals surface area contributed by atoms with Gasteiger partial charge < -0.3 is 15.7 Å². The molecule has 2 fully saturated rings. The van der Waals surface area contributed by atoms with Gasteiger partial charge in [-0.15, -0.1) is 11.3 Å². The molecule has 1 saturated heterocycles. The zero-order chi connectivity index (χ0) is 31.4. The molecule has 0 aromatic carbocycles. The molecule has 0 unspecified atom stereocenters. The number of aliphatic imine (C=N–C) groups is 1. The molecule has 4 N–H and O–H groups in total. The Labute approximate surface area is 251 Å². The lowest BCUT2D eigenvalue weighted by atomic mass is 9.84. The van der Waals surface area contributed by atoms with Crippen molar-refractivity contribution >= 4 is 55.9 Å². The smallest absolute Gasteiger partial charge is 0.362 e. The molecule has 0 radical (unpaired) electrons. The standard InChI is InChI=1S/C25H34N8O8S2/c1-3-4-5-6-15(27-2)7-8-16-12-28-32(30-16)13-19-17(22(35)33(19)43(38,39)40)11-20(34)21(18-14-42-24(26)29-18)31-41-25(9-10-25)23(36)37/h12,14,17,19H,3-11,13H2,1-2H3,(H2,26,29)(H,36,37)(H,38,39,40)/b27-15?,31-21-/t17-,19+/m0/s1. The summed E-state index contributed by atoms with van der Waals surface area (Å²) in [7, 11) is -3.19. The molecular weight excluding hydrogens is 604 g/mol. The first-order chi connectivity index (χ1) is 20.4. The maximum Gasteiger partial charge on any atom is 0.362 e. The van der Waals surface area contributed by atoms with Crippen molar-refractivity contribution in [2.24, 2.45) is 16.1 Å². The van der Waals surface area contributed by atoms with E-state index >= 15 is 0 Å². The quantitative estimate of drug-likeness (QED) is 0.0736. The lowest BCUT2D eigenvalue weighted by Gasteiger charge is -2.43. The molecule has 2 atom stereocenters. The first-order valence-corrected chi connectivity index (χ1v) is 16.0. The van der Waals surface area contributed by atoms with Crippen LogP contribution < -0.4 is 5.73 Å². The number of oxime groups is 1. The van der Waals surface area contributed by atoms with Crippen LogP contribution in [0.25, 0.3) is 0 Å². The molecule has 3 heterocycles. The number of ketones is 1. The number of rotatable bonds is 17. The molecular formula is C25H34N8O8S2. The van der Waals surface area contributed by atoms with E-state index in [9.17, 15) is 32.5 Å². The zero-order valence-corrected chi connectivity index (χ0v) is 25.4. The predicted molar refractivity (Wildman–Crippen MR) is 155 cm³/mol. The van der Waals surface area contributed by atoms with Crippen LogP contribution in [0.15, 0.2) is 21.7 Å². The number of unbranched alkanes of at least 4 members (excludes halogenated alkanes) is 2. The Morgan fingerprint density at radius 2 is 2.02 bits per heavy atom. The first-order valence-electron chi connectivity index (χ1n) is 13.8. The molecule has 2 aromatic rings. The number of Topliss-reactive ketones (excluding diaryl/α,β-unsaturated/α-hetero) is 1. The lowest BCUT2D eigenvalue weighted by molar-refractivity contribution is -0.153. The molecule has 1 saturated carbocycles. The number of anilines is 1. The van der Waals surface area contributed by atoms with Gasteiger partial charge in [0.1, 0.15) is 5.69 Å². The number of aryl methyl sites for hydroxylation is 1. The molecule has 0 spiro atoms. The third-order valence-corrected chi connectivity index (χ3v) is 9.00. The number of hydrogen-bond acceptors (Lipinski definition) is 13. The Morgan fingerprint density at radius 3 is 2.60 bits per heavy atom. The van der Waals surface area contributed by atoms with Crippen molar-refractivity contribution in [2.75, 3.05) is 12.8 Å². The number of nitrogens with two attached hydrogens (primary N) is 1. The van der Waals surface area contributed by atoms with Gasteiger partial charge in [0.25, 0.3) is 0 Å². The molecule has 43 heavy (non-hydrogen) atoms. The van der Waals surface area contributed by atoms with E-state index in [0.717, 1.165) is 42.7 Å². The SMILES string of the molecule is CCCCCC(CCc1cnn(C[C@@H]2[C@H](CC(=O)/C(=N\OC3(C(=O)O)CC3)c3csc(N)n3)C(=O)N2S(=O)(=O)O)n1)=NC. The van der Waals surface area contributed by atoms with Crippen LogP contribution in [0, 0.1) is 5.92 Å². The summed E-state index contributed by atoms with van der Waals surface area (Å²) in [6.07, 6.45) is 6.80. The maximum atomic E-state index is 13.4. The summed E-state index contributed by atoms with van der Waals surface area (Å²) in [6.45, 7) is 1.91. The molecule has 1 amide bonds. The van der Waals surface area contributed by atoms with Crippen LogP contribution in [0.5, 0.6) is 0 Å². The molecule has 2 aromatic heterocycles. The Balaban J connectivity index is 1.48. The Morgan fingerprint density at radius 1 is 1.28 bits per heavy atom. The Bertz CT molecular complexity index is 1530. The first kappa shape index (κ1) is 32.2. The number of hydrogen-bond donors (Lipinski definition) is 3. The summed E-state index contributed by atoms with van der Waals surface area (Å²) in [5, 5.41) is 23.3. The number of carbonyl (C=O) groups is 3. The lowest BCUT2D eigenvalue weighted by Crippen LogP contribution is -2.64. The van der Waals surface area contributed by atoms with E-state index in [1.54, 1.807) is 7.05 Å². The number of thiazole rings is 1. The number of β-lactam (4-membered cyclic amide) rings is 1. The number of nitrogens with zero attached hydrogens (tertiary/aromatic N) is 7. The summed E-state index contributed by atoms with van der Waals surface area (Å²) in [4.78, 5) is 52.5. The minimum atomic E-state index is -4.94. The van der Waals surface area contributed by atoms with E-state index in [4.69, 9.17) is 10.6 Å². The second-order valence-electron chi connectivity index (χ2n) is 10.5. The van der Waals surface area contributed by atoms with Crippen LogP contribution in [-0.4, -0.2) is 90.1 Å². The fraction of sp³-hybridized carbons (Fsp3) is 0.600. The number of amides is 1. The summed E-state index contributed by atoms with van der Waals surface area (Å²) < 4.78 is 34.0. The maximum absolute atomic E-state index is 13.4. The van der Waals surface area contributed by atoms with E-state index in [2.05, 4.69) is 32.3 Å². The van der Waals surface area contributed by atoms with Crippen LogP contribution in [-0.2, 0) is 42.5 Å². The van der Waals surface area contributed by atoms with Crippen molar-refractivity contribution < 1.29 is 37.3 Å². The van der Waals surface area contributed by atoms with Gasteiger partial charge in [-0.25, -0.2) is 14.1 Å². The minimum absolute atomic E-state index is 0.0201. The second-order valence-corrected chi connectivity index (χ2v) is 12.6. The number of nitrogen functional groups attached to an aromatic ring is 1. The van der Waals surface area contributed by atoms with Gasteiger partial charge in [-0.3, -0.25) is 19.1 Å². The summed E-state index contributed by atoms with van der Waals surface area (Å²) in [5.41, 5.74) is 5.50. The van der Waals surface area contributed by atoms with Gasteiger partial charge in [0.15, 0.2) is 16.6 Å². The fourth-order valence-electron chi connectivity index (χ4n) is 4.71. The largest absolute Gasteiger partial charge is 0.478 e. The number of aliphatic carboxylic acids is 1. The van der Waals surface area contributed by atoms with Gasteiger partial charge in [0.2, 0.25) is 11.5 Å². The second kappa shape index (κ2) is 13.3. The molecule has 16 nitrogen and oxygen atoms in total. The molecule has 18 heteroatoms. The third-order valence-electron chi connectivity index (χ3n) is 7.38. The van der Waals surface area contributed by atoms with Gasteiger partial charge in [-0.05, 0) is 25.7 Å². The van der Waals surface area contributed by atoms with E-state index < -0.39 is 51.9 Å². The van der Waals surface area contributed by atoms with Gasteiger partial charge in [0.05, 0.1) is 30.4 Å². The van der Waals surface area contributed by atoms with Crippen molar-refractivity contribution in [1.29, 1.82) is 0 Å². The molecule has 0 bridgehead atoms. The summed E-state index contributed by atoms with van der Waals surface area (Å²) in [6, 6.07) is -1.18. The predicted octanol–water partition coefficient (Wildman–Crippen LogP) is 1.53. The van der Waals surface area contributed by atoms with E-state index in [1.165, 1.54) is 16.4 Å². The van der Waals surface area contributed by atoms with Gasteiger partial charge >= 0.3 is 16.3 Å². The summed E-state index contributed by atoms with van der Waals surface area (Å²) >= 11 is 1.01. The average Bonchev–Trinajstić information content (AvgIpc) is 3.41. The number of carboxylic acids is 1. The van der Waals surface area contributed by atoms with Crippen molar-refractivity contribution in [2.45, 2.75) is 82.9 Å². The fourth-order valence-corrected chi connectivity index (χ4v) is 6.18. The van der Waals surface area contributed by atoms with Crippen molar-refractivity contribution in [1.82, 2.24) is 24.3 Å². The van der Waals surface area contributed by atoms with E-state index in [1.807, 2.05) is 0 Å². The number of aromatic nitrogens is 4. The van der Waals surface area contributed by atoms with E-state index in [-0.39, 0.29) is 35.9 Å². The zero-order valence-electron chi connectivity index (χ0n) is 23.7. The monoisotopic (exact) mass is 638 g/mol. The van der Waals surface area contributed by atoms with Gasteiger partial charge in [-0.1, -0.05) is 24.9 Å². The van der Waals surface area contributed by atoms with Gasteiger partial charge in [-0.2, -0.15) is 23.4 Å². The Hall–Kier alpha value is -3.77. The Kier molecular flexibility index (Phi) is 9.91. The van der Waals surface area contributed by atoms with Crippen LogP contribution in [0.1, 0.15) is 69.7 Å². The van der Waals surface area contributed by atoms with Crippen LogP contribution in [0.2, 0.25) is 0 Å². The van der Waals surface area contributed by atoms with Gasteiger partial charge in [0, 0.05) is 37.4 Å². The highest BCUT2D eigenvalue weighted by Gasteiger charge is 2.56.